The van der Waals surface area contributed by atoms with Crippen molar-refractivity contribution in [3.63, 3.8) is 0 Å². The summed E-state index contributed by atoms with van der Waals surface area (Å²) in [5, 5.41) is 6.54. The maximum Gasteiger partial charge on any atom is 0.257 e. The highest BCUT2D eigenvalue weighted by atomic mass is 32.2. The summed E-state index contributed by atoms with van der Waals surface area (Å²) < 4.78 is 60.9. The number of carbonyl (C=O) groups excluding carboxylic acids is 1. The fourth-order valence-corrected chi connectivity index (χ4v) is 2.33. The Morgan fingerprint density at radius 3 is 2.48 bits per heavy atom. The predicted molar refractivity (Wildman–Crippen MR) is 73.6 cm³/mol. The lowest BCUT2D eigenvalue weighted by atomic mass is 10.2. The highest BCUT2D eigenvalue weighted by Crippen LogP contribution is 2.20. The molecular formula is C11H14F2N2O4S2. The van der Waals surface area contributed by atoms with Gasteiger partial charge in [-0.2, -0.15) is 0 Å². The van der Waals surface area contributed by atoms with Crippen molar-refractivity contribution in [2.75, 3.05) is 12.8 Å². The SMILES string of the molecule is CC(CNC(=O)c1c(F)ccc(S(N)(=O)=O)c1F)S(C)=O. The van der Waals surface area contributed by atoms with Crippen molar-refractivity contribution in [1.82, 2.24) is 5.32 Å². The number of hydrogen-bond acceptors (Lipinski definition) is 4. The molecule has 2 unspecified atom stereocenters. The zero-order valence-electron chi connectivity index (χ0n) is 11.2. The first-order valence-electron chi connectivity index (χ1n) is 5.67. The minimum atomic E-state index is -4.42. The molecule has 1 amide bonds. The van der Waals surface area contributed by atoms with E-state index in [1.165, 1.54) is 6.26 Å². The van der Waals surface area contributed by atoms with E-state index in [0.29, 0.717) is 12.1 Å². The molecule has 0 bridgehead atoms. The van der Waals surface area contributed by atoms with Gasteiger partial charge in [-0.25, -0.2) is 22.3 Å². The Balaban J connectivity index is 3.13. The maximum atomic E-state index is 13.9. The van der Waals surface area contributed by atoms with Crippen LogP contribution in [-0.2, 0) is 20.8 Å². The number of nitrogens with two attached hydrogens (primary N) is 1. The van der Waals surface area contributed by atoms with Crippen LogP contribution in [0.2, 0.25) is 0 Å². The molecule has 0 spiro atoms. The van der Waals surface area contributed by atoms with E-state index >= 15 is 0 Å². The molecule has 0 aromatic heterocycles. The predicted octanol–water partition coefficient (Wildman–Crippen LogP) is 0.109. The van der Waals surface area contributed by atoms with Crippen LogP contribution in [0.3, 0.4) is 0 Å². The number of rotatable bonds is 5. The van der Waals surface area contributed by atoms with E-state index < -0.39 is 54.1 Å². The molecule has 0 radical (unpaired) electrons. The van der Waals surface area contributed by atoms with Crippen molar-refractivity contribution in [2.24, 2.45) is 5.14 Å². The minimum absolute atomic E-state index is 0.0829. The Morgan fingerprint density at radius 1 is 1.43 bits per heavy atom. The second kappa shape index (κ2) is 6.58. The highest BCUT2D eigenvalue weighted by molar-refractivity contribution is 7.89. The molecule has 2 atom stereocenters. The van der Waals surface area contributed by atoms with E-state index in [1.807, 2.05) is 0 Å². The number of sulfonamides is 1. The van der Waals surface area contributed by atoms with Crippen LogP contribution in [0, 0.1) is 11.6 Å². The maximum absolute atomic E-state index is 13.9. The van der Waals surface area contributed by atoms with Gasteiger partial charge in [0.05, 0.1) is 0 Å². The van der Waals surface area contributed by atoms with Gasteiger partial charge >= 0.3 is 0 Å². The van der Waals surface area contributed by atoms with Crippen molar-refractivity contribution in [3.8, 4) is 0 Å². The topological polar surface area (TPSA) is 106 Å². The highest BCUT2D eigenvalue weighted by Gasteiger charge is 2.25. The van der Waals surface area contributed by atoms with Gasteiger partial charge in [0, 0.05) is 28.9 Å². The van der Waals surface area contributed by atoms with E-state index in [4.69, 9.17) is 5.14 Å². The molecule has 118 valence electrons. The van der Waals surface area contributed by atoms with Crippen molar-refractivity contribution in [2.45, 2.75) is 17.1 Å². The Morgan fingerprint density at radius 2 is 2.00 bits per heavy atom. The van der Waals surface area contributed by atoms with Crippen LogP contribution in [0.4, 0.5) is 8.78 Å². The average Bonchev–Trinajstić information content (AvgIpc) is 2.33. The zero-order chi connectivity index (χ0) is 16.4. The molecule has 21 heavy (non-hydrogen) atoms. The smallest absolute Gasteiger partial charge is 0.257 e. The van der Waals surface area contributed by atoms with Gasteiger partial charge in [0.2, 0.25) is 10.0 Å². The van der Waals surface area contributed by atoms with Gasteiger partial charge in [-0.05, 0) is 19.1 Å². The number of benzene rings is 1. The van der Waals surface area contributed by atoms with Crippen molar-refractivity contribution < 1.29 is 26.2 Å². The number of primary sulfonamides is 1. The first-order chi connectivity index (χ1) is 9.55. The van der Waals surface area contributed by atoms with E-state index in [0.717, 1.165) is 0 Å². The van der Waals surface area contributed by atoms with E-state index in [2.05, 4.69) is 5.32 Å². The number of halogens is 2. The molecule has 0 saturated carbocycles. The number of carbonyl (C=O) groups is 1. The van der Waals surface area contributed by atoms with Gasteiger partial charge < -0.3 is 5.32 Å². The molecule has 3 N–H and O–H groups in total. The third-order valence-electron chi connectivity index (χ3n) is 2.71. The first-order valence-corrected chi connectivity index (χ1v) is 8.83. The number of amides is 1. The molecule has 0 fully saturated rings. The summed E-state index contributed by atoms with van der Waals surface area (Å²) in [4.78, 5) is 10.8. The Kier molecular flexibility index (Phi) is 5.54. The molecule has 10 heteroatoms. The summed E-state index contributed by atoms with van der Waals surface area (Å²) in [6.45, 7) is 1.49. The quantitative estimate of drug-likeness (QED) is 0.793. The molecule has 0 aliphatic heterocycles. The fraction of sp³-hybridized carbons (Fsp3) is 0.364. The van der Waals surface area contributed by atoms with Crippen LogP contribution in [0.25, 0.3) is 0 Å². The summed E-state index contributed by atoms with van der Waals surface area (Å²) in [5.74, 6) is -3.92. The lowest BCUT2D eigenvalue weighted by Gasteiger charge is -2.12. The Bertz CT molecular complexity index is 692. The van der Waals surface area contributed by atoms with E-state index in [9.17, 15) is 26.2 Å². The normalized spacial score (nSPS) is 14.5. The minimum Gasteiger partial charge on any atom is -0.351 e. The number of nitrogens with one attached hydrogen (secondary N) is 1. The van der Waals surface area contributed by atoms with Gasteiger partial charge in [0.15, 0.2) is 5.82 Å². The van der Waals surface area contributed by atoms with Crippen LogP contribution >= 0.6 is 0 Å². The van der Waals surface area contributed by atoms with Gasteiger partial charge in [-0.3, -0.25) is 9.00 Å². The standard InChI is InChI=1S/C11H14F2N2O4S2/c1-6(20(2)17)5-15-11(16)9-7(12)3-4-8(10(9)13)21(14,18)19/h3-4,6H,5H2,1-2H3,(H,15,16)(H2,14,18,19). The molecule has 0 aliphatic rings. The molecule has 0 heterocycles. The molecule has 1 rings (SSSR count). The van der Waals surface area contributed by atoms with Crippen LogP contribution in [0.15, 0.2) is 17.0 Å². The molecule has 6 nitrogen and oxygen atoms in total. The third kappa shape index (κ3) is 4.29. The Hall–Kier alpha value is -1.39. The lowest BCUT2D eigenvalue weighted by molar-refractivity contribution is 0.0945. The van der Waals surface area contributed by atoms with Gasteiger partial charge in [-0.15, -0.1) is 0 Å². The monoisotopic (exact) mass is 340 g/mol. The summed E-state index contributed by atoms with van der Waals surface area (Å²) in [6.07, 6.45) is 1.42. The van der Waals surface area contributed by atoms with E-state index in [1.54, 1.807) is 6.92 Å². The molecule has 0 aliphatic carbocycles. The second-order valence-corrected chi connectivity index (χ2v) is 7.63. The first kappa shape index (κ1) is 17.7. The summed E-state index contributed by atoms with van der Waals surface area (Å²) in [5.41, 5.74) is -1.05. The van der Waals surface area contributed by atoms with Gasteiger partial charge in [-0.1, -0.05) is 0 Å². The third-order valence-corrected chi connectivity index (χ3v) is 4.93. The average molecular weight is 340 g/mol. The van der Waals surface area contributed by atoms with Gasteiger partial charge in [0.1, 0.15) is 16.3 Å². The van der Waals surface area contributed by atoms with Gasteiger partial charge in [0.25, 0.3) is 5.91 Å². The van der Waals surface area contributed by atoms with Crippen LogP contribution < -0.4 is 10.5 Å². The fourth-order valence-electron chi connectivity index (χ4n) is 1.40. The van der Waals surface area contributed by atoms with Crippen LogP contribution in [0.1, 0.15) is 17.3 Å². The molecular weight excluding hydrogens is 326 g/mol. The molecule has 1 aromatic carbocycles. The van der Waals surface area contributed by atoms with Crippen molar-refractivity contribution in [1.29, 1.82) is 0 Å². The summed E-state index contributed by atoms with van der Waals surface area (Å²) >= 11 is 0. The van der Waals surface area contributed by atoms with Crippen molar-refractivity contribution in [3.05, 3.63) is 29.3 Å². The second-order valence-electron chi connectivity index (χ2n) is 4.30. The molecule has 0 saturated heterocycles. The summed E-state index contributed by atoms with van der Waals surface area (Å²) in [7, 11) is -5.65. The van der Waals surface area contributed by atoms with Crippen molar-refractivity contribution >= 4 is 26.7 Å². The van der Waals surface area contributed by atoms with Crippen LogP contribution in [-0.4, -0.2) is 36.6 Å². The molecule has 1 aromatic rings. The van der Waals surface area contributed by atoms with Crippen LogP contribution in [0.5, 0.6) is 0 Å². The lowest BCUT2D eigenvalue weighted by Crippen LogP contribution is -2.34. The zero-order valence-corrected chi connectivity index (χ0v) is 12.9. The number of hydrogen-bond donors (Lipinski definition) is 2. The summed E-state index contributed by atoms with van der Waals surface area (Å²) in [6, 6.07) is 1.28. The van der Waals surface area contributed by atoms with E-state index in [-0.39, 0.29) is 6.54 Å². The Labute approximate surface area is 123 Å². The largest absolute Gasteiger partial charge is 0.351 e.